The van der Waals surface area contributed by atoms with Crippen LogP contribution in [0.1, 0.15) is 42.3 Å². The van der Waals surface area contributed by atoms with E-state index in [1.807, 2.05) is 54.6 Å². The van der Waals surface area contributed by atoms with Crippen LogP contribution in [0.2, 0.25) is 0 Å². The highest BCUT2D eigenvalue weighted by atomic mass is 16.2. The number of nitrogens with one attached hydrogen (secondary N) is 1. The van der Waals surface area contributed by atoms with Crippen molar-refractivity contribution in [2.75, 3.05) is 0 Å². The van der Waals surface area contributed by atoms with Crippen molar-refractivity contribution in [1.82, 2.24) is 5.43 Å². The molecule has 0 aliphatic rings. The zero-order valence-electron chi connectivity index (χ0n) is 12.6. The fourth-order valence-electron chi connectivity index (χ4n) is 1.89. The minimum absolute atomic E-state index is 0.0838. The van der Waals surface area contributed by atoms with E-state index in [1.54, 1.807) is 6.21 Å². The first-order valence-corrected chi connectivity index (χ1v) is 6.96. The zero-order chi connectivity index (χ0) is 15.3. The van der Waals surface area contributed by atoms with Crippen LogP contribution in [0.15, 0.2) is 59.7 Å². The Kier molecular flexibility index (Phi) is 4.53. The van der Waals surface area contributed by atoms with Gasteiger partial charge in [0.05, 0.1) is 6.21 Å². The number of benzene rings is 2. The molecule has 3 nitrogen and oxygen atoms in total. The molecule has 1 amide bonds. The molecule has 1 N–H and O–H groups in total. The van der Waals surface area contributed by atoms with E-state index in [0.717, 1.165) is 5.56 Å². The van der Waals surface area contributed by atoms with Crippen LogP contribution in [-0.2, 0) is 5.41 Å². The van der Waals surface area contributed by atoms with Gasteiger partial charge >= 0.3 is 0 Å². The quantitative estimate of drug-likeness (QED) is 0.675. The first kappa shape index (κ1) is 15.0. The lowest BCUT2D eigenvalue weighted by molar-refractivity contribution is 0.0955. The Morgan fingerprint density at radius 2 is 1.62 bits per heavy atom. The van der Waals surface area contributed by atoms with Crippen molar-refractivity contribution in [2.45, 2.75) is 26.2 Å². The summed E-state index contributed by atoms with van der Waals surface area (Å²) >= 11 is 0. The Balaban J connectivity index is 1.99. The molecule has 0 fully saturated rings. The average Bonchev–Trinajstić information content (AvgIpc) is 2.47. The van der Waals surface area contributed by atoms with E-state index in [2.05, 4.69) is 31.3 Å². The van der Waals surface area contributed by atoms with Crippen molar-refractivity contribution in [3.8, 4) is 0 Å². The van der Waals surface area contributed by atoms with Crippen molar-refractivity contribution >= 4 is 12.1 Å². The fraction of sp³-hybridized carbons (Fsp3) is 0.222. The summed E-state index contributed by atoms with van der Waals surface area (Å²) in [5.41, 5.74) is 5.37. The van der Waals surface area contributed by atoms with E-state index < -0.39 is 0 Å². The number of amides is 1. The van der Waals surface area contributed by atoms with Crippen LogP contribution in [-0.4, -0.2) is 12.1 Å². The molecule has 21 heavy (non-hydrogen) atoms. The van der Waals surface area contributed by atoms with Gasteiger partial charge in [0.1, 0.15) is 0 Å². The Morgan fingerprint density at radius 1 is 1.00 bits per heavy atom. The summed E-state index contributed by atoms with van der Waals surface area (Å²) in [4.78, 5) is 12.0. The second-order valence-corrected chi connectivity index (χ2v) is 5.94. The highest BCUT2D eigenvalue weighted by molar-refractivity contribution is 5.94. The smallest absolute Gasteiger partial charge is 0.267 e. The van der Waals surface area contributed by atoms with Crippen LogP contribution in [0.3, 0.4) is 0 Å². The van der Waals surface area contributed by atoms with Crippen molar-refractivity contribution < 1.29 is 4.79 Å². The first-order chi connectivity index (χ1) is 9.97. The lowest BCUT2D eigenvalue weighted by Gasteiger charge is -2.18. The molecule has 2 aromatic rings. The van der Waals surface area contributed by atoms with E-state index in [-0.39, 0.29) is 11.3 Å². The van der Waals surface area contributed by atoms with Crippen molar-refractivity contribution in [2.24, 2.45) is 5.10 Å². The topological polar surface area (TPSA) is 41.5 Å². The summed E-state index contributed by atoms with van der Waals surface area (Å²) in [6.07, 6.45) is 1.63. The zero-order valence-corrected chi connectivity index (χ0v) is 12.6. The van der Waals surface area contributed by atoms with E-state index in [4.69, 9.17) is 0 Å². The third kappa shape index (κ3) is 4.28. The van der Waals surface area contributed by atoms with Gasteiger partial charge in [-0.05, 0) is 28.7 Å². The van der Waals surface area contributed by atoms with Gasteiger partial charge in [-0.2, -0.15) is 5.10 Å². The number of hydrogen-bond donors (Lipinski definition) is 1. The predicted molar refractivity (Wildman–Crippen MR) is 86.6 cm³/mol. The van der Waals surface area contributed by atoms with Crippen LogP contribution < -0.4 is 5.43 Å². The SMILES string of the molecule is CC(C)(C)c1ccc(C(=O)N/N=C/c2ccccc2)cc1. The summed E-state index contributed by atoms with van der Waals surface area (Å²) in [6, 6.07) is 17.3. The van der Waals surface area contributed by atoms with Crippen LogP contribution >= 0.6 is 0 Å². The molecule has 0 saturated carbocycles. The van der Waals surface area contributed by atoms with E-state index in [9.17, 15) is 4.79 Å². The van der Waals surface area contributed by atoms with E-state index in [1.165, 1.54) is 5.56 Å². The normalized spacial score (nSPS) is 11.6. The minimum Gasteiger partial charge on any atom is -0.267 e. The Bertz CT molecular complexity index is 623. The average molecular weight is 280 g/mol. The van der Waals surface area contributed by atoms with E-state index in [0.29, 0.717) is 5.56 Å². The number of nitrogens with zero attached hydrogens (tertiary/aromatic N) is 1. The third-order valence-corrected chi connectivity index (χ3v) is 3.19. The summed E-state index contributed by atoms with van der Waals surface area (Å²) in [6.45, 7) is 6.44. The number of rotatable bonds is 3. The number of hydrazone groups is 1. The van der Waals surface area contributed by atoms with Gasteiger partial charge in [-0.3, -0.25) is 4.79 Å². The molecule has 3 heteroatoms. The lowest BCUT2D eigenvalue weighted by Crippen LogP contribution is -2.18. The Hall–Kier alpha value is -2.42. The molecule has 0 spiro atoms. The van der Waals surface area contributed by atoms with Gasteiger partial charge in [0.2, 0.25) is 0 Å². The molecule has 0 atom stereocenters. The second kappa shape index (κ2) is 6.35. The predicted octanol–water partition coefficient (Wildman–Crippen LogP) is 3.75. The standard InChI is InChI=1S/C18H20N2O/c1-18(2,3)16-11-9-15(10-12-16)17(21)20-19-13-14-7-5-4-6-8-14/h4-13H,1-3H3,(H,20,21)/b19-13+. The molecule has 0 aliphatic carbocycles. The fourth-order valence-corrected chi connectivity index (χ4v) is 1.89. The van der Waals surface area contributed by atoms with Crippen molar-refractivity contribution in [1.29, 1.82) is 0 Å². The summed E-state index contributed by atoms with van der Waals surface area (Å²) in [7, 11) is 0. The summed E-state index contributed by atoms with van der Waals surface area (Å²) in [5.74, 6) is -0.206. The minimum atomic E-state index is -0.206. The molecule has 2 rings (SSSR count). The number of carbonyl (C=O) groups excluding carboxylic acids is 1. The highest BCUT2D eigenvalue weighted by Gasteiger charge is 2.13. The maximum Gasteiger partial charge on any atom is 0.271 e. The van der Waals surface area contributed by atoms with Crippen molar-refractivity contribution in [3.63, 3.8) is 0 Å². The van der Waals surface area contributed by atoms with Crippen LogP contribution in [0.4, 0.5) is 0 Å². The monoisotopic (exact) mass is 280 g/mol. The third-order valence-electron chi connectivity index (χ3n) is 3.19. The molecule has 0 unspecified atom stereocenters. The lowest BCUT2D eigenvalue weighted by atomic mass is 9.87. The van der Waals surface area contributed by atoms with Crippen LogP contribution in [0.5, 0.6) is 0 Å². The molecule has 0 bridgehead atoms. The van der Waals surface area contributed by atoms with Gasteiger partial charge in [0.25, 0.3) is 5.91 Å². The van der Waals surface area contributed by atoms with Crippen LogP contribution in [0.25, 0.3) is 0 Å². The highest BCUT2D eigenvalue weighted by Crippen LogP contribution is 2.22. The maximum absolute atomic E-state index is 12.0. The molecular formula is C18H20N2O. The number of hydrogen-bond acceptors (Lipinski definition) is 2. The van der Waals surface area contributed by atoms with Crippen molar-refractivity contribution in [3.05, 3.63) is 71.3 Å². The first-order valence-electron chi connectivity index (χ1n) is 6.96. The van der Waals surface area contributed by atoms with Gasteiger partial charge in [-0.25, -0.2) is 5.43 Å². The Morgan fingerprint density at radius 3 is 2.19 bits per heavy atom. The molecule has 0 aliphatic heterocycles. The molecule has 0 radical (unpaired) electrons. The number of carbonyl (C=O) groups is 1. The van der Waals surface area contributed by atoms with Crippen LogP contribution in [0, 0.1) is 0 Å². The molecule has 108 valence electrons. The summed E-state index contributed by atoms with van der Waals surface area (Å²) < 4.78 is 0. The van der Waals surface area contributed by atoms with Gasteiger partial charge in [-0.1, -0.05) is 63.2 Å². The molecule has 0 aromatic heterocycles. The van der Waals surface area contributed by atoms with Gasteiger partial charge in [-0.15, -0.1) is 0 Å². The molecule has 0 heterocycles. The Labute approximate surface area is 125 Å². The largest absolute Gasteiger partial charge is 0.271 e. The van der Waals surface area contributed by atoms with Gasteiger partial charge in [0, 0.05) is 5.56 Å². The molecule has 2 aromatic carbocycles. The summed E-state index contributed by atoms with van der Waals surface area (Å²) in [5, 5.41) is 3.96. The molecule has 0 saturated heterocycles. The second-order valence-electron chi connectivity index (χ2n) is 5.94. The van der Waals surface area contributed by atoms with Gasteiger partial charge < -0.3 is 0 Å². The van der Waals surface area contributed by atoms with Gasteiger partial charge in [0.15, 0.2) is 0 Å². The maximum atomic E-state index is 12.0. The van der Waals surface area contributed by atoms with E-state index >= 15 is 0 Å². The molecular weight excluding hydrogens is 260 g/mol.